The highest BCUT2D eigenvalue weighted by Crippen LogP contribution is 2.40. The smallest absolute Gasteiger partial charge is 0.192 e. The van der Waals surface area contributed by atoms with Crippen LogP contribution in [0, 0.1) is 6.92 Å². The molecule has 2 heterocycles. The first-order chi connectivity index (χ1) is 6.24. The standard InChI is InChI=1S/C7H8BrN2O2P/c1-3-4(8)5-6(11-3)7(12-13)10-2-9-5/h2,7H,13H2,1H3,(H,9,10). The highest BCUT2D eigenvalue weighted by molar-refractivity contribution is 9.10. The summed E-state index contributed by atoms with van der Waals surface area (Å²) in [7, 11) is 2.19. The molecular weight excluding hydrogens is 255 g/mol. The molecule has 1 aromatic rings. The molecule has 2 unspecified atom stereocenters. The zero-order valence-electron chi connectivity index (χ0n) is 6.87. The normalized spacial score (nSPS) is 19.8. The van der Waals surface area contributed by atoms with E-state index < -0.39 is 0 Å². The molecule has 0 bridgehead atoms. The minimum absolute atomic E-state index is 0.275. The summed E-state index contributed by atoms with van der Waals surface area (Å²) in [4.78, 5) is 4.15. The number of rotatable bonds is 1. The molecule has 0 aromatic carbocycles. The molecule has 0 saturated carbocycles. The minimum Gasteiger partial charge on any atom is -0.458 e. The van der Waals surface area contributed by atoms with E-state index in [0.717, 1.165) is 15.9 Å². The molecule has 2 atom stereocenters. The van der Waals surface area contributed by atoms with E-state index in [-0.39, 0.29) is 6.23 Å². The summed E-state index contributed by atoms with van der Waals surface area (Å²) in [6, 6.07) is 0. The lowest BCUT2D eigenvalue weighted by molar-refractivity contribution is 0.191. The van der Waals surface area contributed by atoms with Gasteiger partial charge in [0.1, 0.15) is 11.4 Å². The van der Waals surface area contributed by atoms with Crippen molar-refractivity contribution < 1.29 is 8.94 Å². The van der Waals surface area contributed by atoms with Crippen LogP contribution < -0.4 is 5.32 Å². The van der Waals surface area contributed by atoms with Crippen LogP contribution in [0.3, 0.4) is 0 Å². The van der Waals surface area contributed by atoms with Crippen LogP contribution in [0.5, 0.6) is 0 Å². The van der Waals surface area contributed by atoms with E-state index in [0.29, 0.717) is 5.76 Å². The molecule has 0 fully saturated rings. The van der Waals surface area contributed by atoms with Crippen molar-refractivity contribution in [3.8, 4) is 0 Å². The minimum atomic E-state index is -0.275. The van der Waals surface area contributed by atoms with E-state index in [1.54, 1.807) is 6.34 Å². The summed E-state index contributed by atoms with van der Waals surface area (Å²) in [6.07, 6.45) is 1.32. The quantitative estimate of drug-likeness (QED) is 0.791. The first-order valence-corrected chi connectivity index (χ1v) is 4.93. The summed E-state index contributed by atoms with van der Waals surface area (Å²) in [5.41, 5.74) is 0.795. The maximum Gasteiger partial charge on any atom is 0.192 e. The number of aryl methyl sites for hydroxylation is 1. The zero-order valence-corrected chi connectivity index (χ0v) is 9.61. The largest absolute Gasteiger partial charge is 0.458 e. The van der Waals surface area contributed by atoms with Crippen molar-refractivity contribution in [1.29, 1.82) is 0 Å². The van der Waals surface area contributed by atoms with Gasteiger partial charge in [0, 0.05) is 9.47 Å². The van der Waals surface area contributed by atoms with Crippen LogP contribution in [0.2, 0.25) is 0 Å². The SMILES string of the molecule is Cc1oc2c(c1Br)N=CNC2OP. The Balaban J connectivity index is 2.53. The highest BCUT2D eigenvalue weighted by Gasteiger charge is 2.25. The van der Waals surface area contributed by atoms with Gasteiger partial charge in [-0.2, -0.15) is 0 Å². The van der Waals surface area contributed by atoms with E-state index in [1.807, 2.05) is 6.92 Å². The second-order valence-corrected chi connectivity index (χ2v) is 3.69. The van der Waals surface area contributed by atoms with Crippen LogP contribution in [0.1, 0.15) is 17.7 Å². The first-order valence-electron chi connectivity index (χ1n) is 3.67. The number of aliphatic imine (C=N–C) groups is 1. The third-order valence-electron chi connectivity index (χ3n) is 1.81. The van der Waals surface area contributed by atoms with Crippen LogP contribution in [-0.4, -0.2) is 6.34 Å². The number of hydrogen-bond acceptors (Lipinski definition) is 4. The van der Waals surface area contributed by atoms with E-state index in [4.69, 9.17) is 8.94 Å². The second-order valence-electron chi connectivity index (χ2n) is 2.63. The molecule has 1 aliphatic rings. The van der Waals surface area contributed by atoms with Crippen molar-refractivity contribution in [2.45, 2.75) is 13.2 Å². The van der Waals surface area contributed by atoms with Gasteiger partial charge >= 0.3 is 0 Å². The van der Waals surface area contributed by atoms with Gasteiger partial charge in [-0.25, -0.2) is 4.99 Å². The summed E-state index contributed by atoms with van der Waals surface area (Å²) in [5, 5.41) is 2.92. The molecule has 70 valence electrons. The summed E-state index contributed by atoms with van der Waals surface area (Å²) < 4.78 is 11.4. The van der Waals surface area contributed by atoms with Gasteiger partial charge in [-0.3, -0.25) is 0 Å². The topological polar surface area (TPSA) is 46.8 Å². The monoisotopic (exact) mass is 262 g/mol. The maximum atomic E-state index is 5.48. The molecule has 0 radical (unpaired) electrons. The van der Waals surface area contributed by atoms with Crippen LogP contribution in [0.25, 0.3) is 0 Å². The lowest BCUT2D eigenvalue weighted by Crippen LogP contribution is -2.21. The molecule has 4 nitrogen and oxygen atoms in total. The Morgan fingerprint density at radius 1 is 1.77 bits per heavy atom. The number of furan rings is 1. The van der Waals surface area contributed by atoms with Crippen molar-refractivity contribution in [2.24, 2.45) is 4.99 Å². The average molecular weight is 263 g/mol. The third kappa shape index (κ3) is 1.41. The molecule has 6 heteroatoms. The lowest BCUT2D eigenvalue weighted by atomic mass is 10.3. The number of fused-ring (bicyclic) bond motifs is 1. The molecule has 0 spiro atoms. The molecule has 1 N–H and O–H groups in total. The number of nitrogens with one attached hydrogen (secondary N) is 1. The Labute approximate surface area is 86.2 Å². The van der Waals surface area contributed by atoms with Gasteiger partial charge in [-0.1, -0.05) is 0 Å². The van der Waals surface area contributed by atoms with Crippen LogP contribution in [0.4, 0.5) is 5.69 Å². The fourth-order valence-electron chi connectivity index (χ4n) is 1.18. The van der Waals surface area contributed by atoms with E-state index >= 15 is 0 Å². The molecule has 1 aliphatic heterocycles. The summed E-state index contributed by atoms with van der Waals surface area (Å²) in [6.45, 7) is 1.87. The van der Waals surface area contributed by atoms with Crippen LogP contribution >= 0.6 is 25.4 Å². The number of halogens is 1. The Hall–Kier alpha value is -0.380. The molecule has 0 amide bonds. The van der Waals surface area contributed by atoms with E-state index in [2.05, 4.69) is 35.7 Å². The van der Waals surface area contributed by atoms with Crippen molar-refractivity contribution in [3.63, 3.8) is 0 Å². The van der Waals surface area contributed by atoms with Gasteiger partial charge in [0.15, 0.2) is 12.0 Å². The molecule has 2 rings (SSSR count). The van der Waals surface area contributed by atoms with Gasteiger partial charge in [0.25, 0.3) is 0 Å². The fourth-order valence-corrected chi connectivity index (χ4v) is 1.76. The molecule has 0 saturated heterocycles. The Morgan fingerprint density at radius 3 is 3.23 bits per heavy atom. The zero-order chi connectivity index (χ0) is 9.42. The van der Waals surface area contributed by atoms with Gasteiger partial charge in [0.2, 0.25) is 0 Å². The predicted octanol–water partition coefficient (Wildman–Crippen LogP) is 2.42. The first kappa shape index (κ1) is 9.19. The molecule has 0 aliphatic carbocycles. The number of nitrogens with zero attached hydrogens (tertiary/aromatic N) is 1. The van der Waals surface area contributed by atoms with Crippen molar-refractivity contribution in [1.82, 2.24) is 5.32 Å². The van der Waals surface area contributed by atoms with E-state index in [9.17, 15) is 0 Å². The number of hydrogen-bond donors (Lipinski definition) is 1. The van der Waals surface area contributed by atoms with Crippen molar-refractivity contribution in [2.75, 3.05) is 0 Å². The lowest BCUT2D eigenvalue weighted by Gasteiger charge is -2.16. The van der Waals surface area contributed by atoms with Crippen molar-refractivity contribution >= 4 is 37.4 Å². The highest BCUT2D eigenvalue weighted by atomic mass is 79.9. The molecular formula is C7H8BrN2O2P. The molecule has 13 heavy (non-hydrogen) atoms. The maximum absolute atomic E-state index is 5.48. The van der Waals surface area contributed by atoms with Gasteiger partial charge in [-0.05, 0) is 22.9 Å². The Kier molecular flexibility index (Phi) is 2.41. The second kappa shape index (κ2) is 3.40. The van der Waals surface area contributed by atoms with Crippen molar-refractivity contribution in [3.05, 3.63) is 16.0 Å². The predicted molar refractivity (Wildman–Crippen MR) is 56.0 cm³/mol. The Morgan fingerprint density at radius 2 is 2.54 bits per heavy atom. The fraction of sp³-hybridized carbons (Fsp3) is 0.286. The van der Waals surface area contributed by atoms with E-state index in [1.165, 1.54) is 0 Å². The van der Waals surface area contributed by atoms with Gasteiger partial charge < -0.3 is 14.3 Å². The summed E-state index contributed by atoms with van der Waals surface area (Å²) in [5.74, 6) is 1.50. The van der Waals surface area contributed by atoms with Crippen LogP contribution in [-0.2, 0) is 4.52 Å². The van der Waals surface area contributed by atoms with Crippen LogP contribution in [0.15, 0.2) is 13.9 Å². The molecule has 1 aromatic heterocycles. The van der Waals surface area contributed by atoms with Gasteiger partial charge in [-0.15, -0.1) is 0 Å². The average Bonchev–Trinajstić information content (AvgIpc) is 2.43. The van der Waals surface area contributed by atoms with Gasteiger partial charge in [0.05, 0.1) is 10.8 Å². The summed E-state index contributed by atoms with van der Waals surface area (Å²) >= 11 is 3.39. The third-order valence-corrected chi connectivity index (χ3v) is 3.01. The Bertz CT molecular complexity index is 364.